The lowest BCUT2D eigenvalue weighted by Gasteiger charge is -2.28. The van der Waals surface area contributed by atoms with Crippen molar-refractivity contribution >= 4 is 61.7 Å². The molecule has 2 aromatic carbocycles. The summed E-state index contributed by atoms with van der Waals surface area (Å²) in [6, 6.07) is 14.2. The van der Waals surface area contributed by atoms with Gasteiger partial charge in [0.1, 0.15) is 40.5 Å². The number of methoxy groups -OCH3 is 1. The second-order valence-corrected chi connectivity index (χ2v) is 13.2. The SMILES string of the molecule is COc1cccc2[nH]c(C(=O)N3CC(c4ccccc4)CC3C(=O)NC(CC3CCNC3=O)C(O)S(=O)(=O)OI)cc12. The molecule has 5 unspecified atom stereocenters. The standard InChI is InChI=1S/C28H31IN4O8S/c1-40-24-9-5-8-20-19(24)14-21(31-20)27(36)33-15-18(16-6-3-2-4-7-16)13-23(33)26(35)32-22(28(37)42(38,39)41-29)12-17-10-11-30-25(17)34/h2-9,14,17-18,22-23,28,31,37H,10-13,15H2,1H3,(H,30,34)(H,32,35). The van der Waals surface area contributed by atoms with Crippen molar-refractivity contribution in [1.82, 2.24) is 20.5 Å². The number of aromatic amines is 1. The number of amides is 3. The number of ether oxygens (including phenoxy) is 1. The van der Waals surface area contributed by atoms with Gasteiger partial charge in [-0.15, -0.1) is 0 Å². The first-order valence-electron chi connectivity index (χ1n) is 13.4. The molecule has 3 aromatic rings. The van der Waals surface area contributed by atoms with Crippen molar-refractivity contribution in [2.24, 2.45) is 5.92 Å². The summed E-state index contributed by atoms with van der Waals surface area (Å²) in [6.45, 7) is 0.648. The monoisotopic (exact) mass is 710 g/mol. The van der Waals surface area contributed by atoms with Crippen LogP contribution in [0.2, 0.25) is 0 Å². The number of benzene rings is 2. The second-order valence-electron chi connectivity index (χ2n) is 10.5. The Morgan fingerprint density at radius 2 is 1.95 bits per heavy atom. The molecule has 0 radical (unpaired) electrons. The average molecular weight is 711 g/mol. The van der Waals surface area contributed by atoms with Crippen LogP contribution in [0.5, 0.6) is 5.75 Å². The molecule has 0 bridgehead atoms. The van der Waals surface area contributed by atoms with E-state index >= 15 is 0 Å². The quantitative estimate of drug-likeness (QED) is 0.233. The molecule has 0 spiro atoms. The molecule has 5 atom stereocenters. The molecular formula is C28H31IN4O8S. The summed E-state index contributed by atoms with van der Waals surface area (Å²) < 4.78 is 34.7. The number of hydrogen-bond donors (Lipinski definition) is 4. The van der Waals surface area contributed by atoms with Gasteiger partial charge in [0.25, 0.3) is 5.91 Å². The van der Waals surface area contributed by atoms with Gasteiger partial charge in [0.15, 0.2) is 0 Å². The zero-order valence-electron chi connectivity index (χ0n) is 22.7. The lowest BCUT2D eigenvalue weighted by Crippen LogP contribution is -2.54. The van der Waals surface area contributed by atoms with Crippen molar-refractivity contribution in [2.45, 2.75) is 42.7 Å². The molecule has 14 heteroatoms. The third-order valence-corrected chi connectivity index (χ3v) is 10.6. The zero-order chi connectivity index (χ0) is 30.0. The van der Waals surface area contributed by atoms with Gasteiger partial charge in [0.2, 0.25) is 17.3 Å². The van der Waals surface area contributed by atoms with Crippen molar-refractivity contribution in [3.8, 4) is 5.75 Å². The van der Waals surface area contributed by atoms with Crippen LogP contribution in [0.3, 0.4) is 0 Å². The van der Waals surface area contributed by atoms with Gasteiger partial charge in [-0.3, -0.25) is 14.4 Å². The van der Waals surface area contributed by atoms with E-state index in [0.717, 1.165) is 28.6 Å². The maximum Gasteiger partial charge on any atom is 0.305 e. The molecule has 224 valence electrons. The Bertz CT molecular complexity index is 1580. The number of carbonyl (C=O) groups excluding carboxylic acids is 3. The van der Waals surface area contributed by atoms with Crippen LogP contribution in [0, 0.1) is 5.92 Å². The number of likely N-dealkylation sites (tertiary alicyclic amines) is 1. The number of halogens is 1. The molecule has 12 nitrogen and oxygen atoms in total. The Morgan fingerprint density at radius 1 is 1.19 bits per heavy atom. The normalized spacial score (nSPS) is 22.1. The van der Waals surface area contributed by atoms with Crippen LogP contribution >= 0.6 is 23.0 Å². The molecule has 42 heavy (non-hydrogen) atoms. The molecule has 1 aromatic heterocycles. The summed E-state index contributed by atoms with van der Waals surface area (Å²) in [7, 11) is -2.94. The number of H-pyrrole nitrogens is 1. The Kier molecular flexibility index (Phi) is 9.05. The van der Waals surface area contributed by atoms with E-state index in [2.05, 4.69) is 18.1 Å². The van der Waals surface area contributed by atoms with E-state index in [-0.39, 0.29) is 36.9 Å². The van der Waals surface area contributed by atoms with Crippen molar-refractivity contribution in [3.05, 3.63) is 65.9 Å². The van der Waals surface area contributed by atoms with Crippen LogP contribution in [-0.2, 0) is 22.2 Å². The Hall–Kier alpha value is -3.21. The van der Waals surface area contributed by atoms with Gasteiger partial charge in [-0.05, 0) is 43.0 Å². The Labute approximate surface area is 256 Å². The average Bonchev–Trinajstić information content (AvgIpc) is 3.74. The van der Waals surface area contributed by atoms with E-state index < -0.39 is 45.4 Å². The molecule has 2 aliphatic heterocycles. The predicted octanol–water partition coefficient (Wildman–Crippen LogP) is 2.20. The fraction of sp³-hybridized carbons (Fsp3) is 0.393. The number of carbonyl (C=O) groups is 3. The van der Waals surface area contributed by atoms with Gasteiger partial charge in [-0.25, -0.2) is 0 Å². The van der Waals surface area contributed by atoms with Crippen LogP contribution in [0.4, 0.5) is 0 Å². The van der Waals surface area contributed by atoms with Gasteiger partial charge in [-0.2, -0.15) is 10.9 Å². The Morgan fingerprint density at radius 3 is 2.62 bits per heavy atom. The largest absolute Gasteiger partial charge is 0.496 e. The minimum atomic E-state index is -4.48. The van der Waals surface area contributed by atoms with E-state index in [4.69, 9.17) is 4.74 Å². The predicted molar refractivity (Wildman–Crippen MR) is 161 cm³/mol. The first-order chi connectivity index (χ1) is 20.1. The topological polar surface area (TPSA) is 167 Å². The van der Waals surface area contributed by atoms with Gasteiger partial charge in [0, 0.05) is 35.8 Å². The first-order valence-corrected chi connectivity index (χ1v) is 15.8. The molecule has 0 saturated carbocycles. The summed E-state index contributed by atoms with van der Waals surface area (Å²) >= 11 is 1.15. The fourth-order valence-corrected chi connectivity index (χ4v) is 7.09. The summed E-state index contributed by atoms with van der Waals surface area (Å²) in [6.07, 6.45) is 0.576. The van der Waals surface area contributed by atoms with E-state index in [9.17, 15) is 27.9 Å². The number of fused-ring (bicyclic) bond motifs is 1. The van der Waals surface area contributed by atoms with Gasteiger partial charge >= 0.3 is 10.1 Å². The molecule has 3 heterocycles. The number of nitrogens with zero attached hydrogens (tertiary/aromatic N) is 1. The zero-order valence-corrected chi connectivity index (χ0v) is 25.6. The minimum absolute atomic E-state index is 0.122. The van der Waals surface area contributed by atoms with Gasteiger partial charge in [0.05, 0.1) is 13.2 Å². The summed E-state index contributed by atoms with van der Waals surface area (Å²) in [5.41, 5.74) is -0.215. The minimum Gasteiger partial charge on any atom is -0.496 e. The van der Waals surface area contributed by atoms with Crippen molar-refractivity contribution in [3.63, 3.8) is 0 Å². The van der Waals surface area contributed by atoms with E-state index in [0.29, 0.717) is 29.6 Å². The number of nitrogens with one attached hydrogen (secondary N) is 3. The fourth-order valence-electron chi connectivity index (χ4n) is 5.79. The second kappa shape index (κ2) is 12.6. The molecule has 2 saturated heterocycles. The number of aliphatic hydroxyl groups excluding tert-OH is 1. The van der Waals surface area contributed by atoms with Gasteiger partial charge < -0.3 is 30.4 Å². The molecule has 0 aliphatic carbocycles. The molecular weight excluding hydrogens is 679 g/mol. The van der Waals surface area contributed by atoms with Crippen molar-refractivity contribution in [2.75, 3.05) is 20.2 Å². The van der Waals surface area contributed by atoms with E-state index in [1.54, 1.807) is 18.2 Å². The smallest absolute Gasteiger partial charge is 0.305 e. The number of hydrogen-bond acceptors (Lipinski definition) is 8. The molecule has 2 aliphatic rings. The highest BCUT2D eigenvalue weighted by molar-refractivity contribution is 14.1. The van der Waals surface area contributed by atoms with Crippen molar-refractivity contribution in [1.29, 1.82) is 0 Å². The number of aromatic nitrogens is 1. The third kappa shape index (κ3) is 6.11. The van der Waals surface area contributed by atoms with Gasteiger partial charge in [-0.1, -0.05) is 36.4 Å². The van der Waals surface area contributed by atoms with Crippen LogP contribution < -0.4 is 15.4 Å². The Balaban J connectivity index is 1.45. The molecule has 3 amide bonds. The van der Waals surface area contributed by atoms with E-state index in [1.165, 1.54) is 12.0 Å². The first kappa shape index (κ1) is 30.3. The highest BCUT2D eigenvalue weighted by Crippen LogP contribution is 2.34. The van der Waals surface area contributed by atoms with Crippen LogP contribution in [0.15, 0.2) is 54.6 Å². The summed E-state index contributed by atoms with van der Waals surface area (Å²) in [5.74, 6) is -1.52. The highest BCUT2D eigenvalue weighted by Gasteiger charge is 2.44. The lowest BCUT2D eigenvalue weighted by molar-refractivity contribution is -0.127. The van der Waals surface area contributed by atoms with Crippen LogP contribution in [0.25, 0.3) is 10.9 Å². The lowest BCUT2D eigenvalue weighted by atomic mass is 9.95. The van der Waals surface area contributed by atoms with Crippen LogP contribution in [0.1, 0.15) is 41.2 Å². The highest BCUT2D eigenvalue weighted by atomic mass is 127. The number of rotatable bonds is 10. The molecule has 4 N–H and O–H groups in total. The maximum absolute atomic E-state index is 13.9. The number of aliphatic hydroxyl groups is 1. The summed E-state index contributed by atoms with van der Waals surface area (Å²) in [4.78, 5) is 44.6. The van der Waals surface area contributed by atoms with Crippen LogP contribution in [-0.4, -0.2) is 78.8 Å². The summed E-state index contributed by atoms with van der Waals surface area (Å²) in [5, 5.41) is 16.8. The third-order valence-electron chi connectivity index (χ3n) is 7.97. The molecule has 2 fully saturated rings. The molecule has 5 rings (SSSR count). The maximum atomic E-state index is 13.9. The van der Waals surface area contributed by atoms with E-state index in [1.807, 2.05) is 36.4 Å². The van der Waals surface area contributed by atoms with Crippen molar-refractivity contribution < 1.29 is 35.2 Å².